The van der Waals surface area contributed by atoms with Gasteiger partial charge in [0.05, 0.1) is 16.2 Å². The molecule has 0 spiro atoms. The summed E-state index contributed by atoms with van der Waals surface area (Å²) in [6, 6.07) is 8.94. The van der Waals surface area contributed by atoms with Crippen molar-refractivity contribution in [1.29, 1.82) is 0 Å². The van der Waals surface area contributed by atoms with Crippen molar-refractivity contribution in [1.82, 2.24) is 0 Å². The first-order valence-corrected chi connectivity index (χ1v) is 7.76. The normalized spacial score (nSPS) is 37.4. The Kier molecular flexibility index (Phi) is 3.02. The average Bonchev–Trinajstić information content (AvgIpc) is 2.99. The van der Waals surface area contributed by atoms with Crippen LogP contribution in [0.1, 0.15) is 6.42 Å². The number of hydrogen-bond donors (Lipinski definition) is 1. The molecule has 0 heterocycles. The van der Waals surface area contributed by atoms with E-state index in [2.05, 4.69) is 0 Å². The second-order valence-electron chi connectivity index (χ2n) is 5.03. The molecule has 2 aliphatic carbocycles. The lowest BCUT2D eigenvalue weighted by Crippen LogP contribution is -2.56. The lowest BCUT2D eigenvalue weighted by Gasteiger charge is -2.35. The van der Waals surface area contributed by atoms with Crippen molar-refractivity contribution in [3.63, 3.8) is 0 Å². The standard InChI is InChI=1S/C14H14ClNO2S/c15-12-9-6-7-10(8-9)14(12,13(16)17)19(18)11-4-2-1-3-5-11/h1-7,9-10,12H,8H2,(H2,16,17)/t9-,10+,12+,14-,19?/m0/s1. The number of benzene rings is 1. The molecule has 3 nitrogen and oxygen atoms in total. The van der Waals surface area contributed by atoms with E-state index in [0.717, 1.165) is 6.42 Å². The summed E-state index contributed by atoms with van der Waals surface area (Å²) in [4.78, 5) is 12.7. The van der Waals surface area contributed by atoms with Crippen molar-refractivity contribution < 1.29 is 9.00 Å². The van der Waals surface area contributed by atoms with Crippen molar-refractivity contribution in [2.24, 2.45) is 17.6 Å². The maximum absolute atomic E-state index is 12.9. The van der Waals surface area contributed by atoms with Gasteiger partial charge in [-0.25, -0.2) is 0 Å². The number of allylic oxidation sites excluding steroid dienone is 2. The highest BCUT2D eigenvalue weighted by molar-refractivity contribution is 7.87. The Morgan fingerprint density at radius 1 is 1.32 bits per heavy atom. The van der Waals surface area contributed by atoms with E-state index in [4.69, 9.17) is 17.3 Å². The first kappa shape index (κ1) is 12.9. The fraction of sp³-hybridized carbons (Fsp3) is 0.357. The molecule has 0 saturated heterocycles. The number of hydrogen-bond acceptors (Lipinski definition) is 2. The molecule has 2 bridgehead atoms. The number of carbonyl (C=O) groups is 1. The minimum absolute atomic E-state index is 0.0897. The summed E-state index contributed by atoms with van der Waals surface area (Å²) in [5.74, 6) is -0.600. The van der Waals surface area contributed by atoms with E-state index in [1.807, 2.05) is 18.2 Å². The molecule has 19 heavy (non-hydrogen) atoms. The molecule has 5 atom stereocenters. The van der Waals surface area contributed by atoms with Crippen molar-refractivity contribution >= 4 is 28.3 Å². The average molecular weight is 296 g/mol. The third-order valence-electron chi connectivity index (χ3n) is 4.10. The maximum atomic E-state index is 12.9. The van der Waals surface area contributed by atoms with Gasteiger partial charge in [0.2, 0.25) is 5.91 Å². The molecule has 2 N–H and O–H groups in total. The van der Waals surface area contributed by atoms with Crippen LogP contribution in [-0.2, 0) is 15.6 Å². The van der Waals surface area contributed by atoms with E-state index in [1.54, 1.807) is 24.3 Å². The summed E-state index contributed by atoms with van der Waals surface area (Å²) in [6.07, 6.45) is 4.70. The van der Waals surface area contributed by atoms with Crippen LogP contribution < -0.4 is 5.73 Å². The highest BCUT2D eigenvalue weighted by Gasteiger charge is 2.63. The predicted octanol–water partition coefficient (Wildman–Crippen LogP) is 1.83. The van der Waals surface area contributed by atoms with Gasteiger partial charge in [0.15, 0.2) is 4.75 Å². The zero-order valence-corrected chi connectivity index (χ0v) is 11.7. The number of nitrogens with two attached hydrogens (primary N) is 1. The van der Waals surface area contributed by atoms with Crippen LogP contribution in [0.15, 0.2) is 47.4 Å². The molecule has 1 amide bonds. The van der Waals surface area contributed by atoms with Gasteiger partial charge in [-0.1, -0.05) is 30.4 Å². The number of halogens is 1. The fourth-order valence-electron chi connectivity index (χ4n) is 3.17. The summed E-state index contributed by atoms with van der Waals surface area (Å²) in [5, 5.41) is -0.499. The summed E-state index contributed by atoms with van der Waals surface area (Å²) >= 11 is 6.43. The van der Waals surface area contributed by atoms with E-state index in [0.29, 0.717) is 4.90 Å². The second kappa shape index (κ2) is 4.46. The van der Waals surface area contributed by atoms with Gasteiger partial charge in [-0.3, -0.25) is 9.00 Å². The Bertz CT molecular complexity index is 574. The SMILES string of the molecule is NC(=O)[C@]1(S(=O)c2ccccc2)[C@@H]2C=C[C@@H](C2)[C@H]1Cl. The van der Waals surface area contributed by atoms with Crippen molar-refractivity contribution in [3.05, 3.63) is 42.5 Å². The number of rotatable bonds is 3. The fourth-order valence-corrected chi connectivity index (χ4v) is 5.68. The van der Waals surface area contributed by atoms with Gasteiger partial charge >= 0.3 is 0 Å². The maximum Gasteiger partial charge on any atom is 0.238 e. The van der Waals surface area contributed by atoms with E-state index >= 15 is 0 Å². The molecule has 0 aliphatic heterocycles. The highest BCUT2D eigenvalue weighted by atomic mass is 35.5. The molecule has 1 aromatic rings. The zero-order valence-electron chi connectivity index (χ0n) is 10.2. The van der Waals surface area contributed by atoms with Crippen LogP contribution in [-0.4, -0.2) is 20.2 Å². The van der Waals surface area contributed by atoms with Crippen LogP contribution in [0.25, 0.3) is 0 Å². The molecule has 0 radical (unpaired) electrons. The third-order valence-corrected chi connectivity index (χ3v) is 6.97. The molecule has 1 unspecified atom stereocenters. The van der Waals surface area contributed by atoms with E-state index in [-0.39, 0.29) is 11.8 Å². The third kappa shape index (κ3) is 1.63. The van der Waals surface area contributed by atoms with Crippen molar-refractivity contribution in [2.75, 3.05) is 0 Å². The Morgan fingerprint density at radius 3 is 2.53 bits per heavy atom. The van der Waals surface area contributed by atoms with Gasteiger partial charge in [-0.05, 0) is 24.5 Å². The molecular weight excluding hydrogens is 282 g/mol. The van der Waals surface area contributed by atoms with Gasteiger partial charge in [0.1, 0.15) is 0 Å². The quantitative estimate of drug-likeness (QED) is 0.683. The Hall–Kier alpha value is -1.13. The number of amides is 1. The highest BCUT2D eigenvalue weighted by Crippen LogP contribution is 2.53. The molecule has 1 fully saturated rings. The minimum atomic E-state index is -1.53. The number of carbonyl (C=O) groups excluding carboxylic acids is 1. The predicted molar refractivity (Wildman–Crippen MR) is 75.2 cm³/mol. The van der Waals surface area contributed by atoms with Crippen LogP contribution in [0.4, 0.5) is 0 Å². The van der Waals surface area contributed by atoms with Gasteiger partial charge in [-0.2, -0.15) is 0 Å². The van der Waals surface area contributed by atoms with Crippen LogP contribution in [0.3, 0.4) is 0 Å². The van der Waals surface area contributed by atoms with Gasteiger partial charge in [0.25, 0.3) is 0 Å². The monoisotopic (exact) mass is 295 g/mol. The number of alkyl halides is 1. The lowest BCUT2D eigenvalue weighted by atomic mass is 9.91. The minimum Gasteiger partial charge on any atom is -0.368 e. The van der Waals surface area contributed by atoms with E-state index < -0.39 is 26.8 Å². The molecular formula is C14H14ClNO2S. The van der Waals surface area contributed by atoms with Crippen LogP contribution >= 0.6 is 11.6 Å². The van der Waals surface area contributed by atoms with E-state index in [9.17, 15) is 9.00 Å². The van der Waals surface area contributed by atoms with E-state index in [1.165, 1.54) is 0 Å². The Labute approximate surface area is 119 Å². The van der Waals surface area contributed by atoms with Gasteiger partial charge in [0, 0.05) is 10.8 Å². The molecule has 3 rings (SSSR count). The first-order valence-electron chi connectivity index (χ1n) is 6.17. The lowest BCUT2D eigenvalue weighted by molar-refractivity contribution is -0.120. The molecule has 1 saturated carbocycles. The van der Waals surface area contributed by atoms with Crippen molar-refractivity contribution in [3.8, 4) is 0 Å². The number of primary amides is 1. The number of fused-ring (bicyclic) bond motifs is 2. The molecule has 1 aromatic carbocycles. The van der Waals surface area contributed by atoms with Crippen molar-refractivity contribution in [2.45, 2.75) is 21.4 Å². The summed E-state index contributed by atoms with van der Waals surface area (Å²) < 4.78 is 11.7. The van der Waals surface area contributed by atoms with Crippen LogP contribution in [0, 0.1) is 11.8 Å². The Balaban J connectivity index is 2.11. The van der Waals surface area contributed by atoms with Gasteiger partial charge in [-0.15, -0.1) is 11.6 Å². The van der Waals surface area contributed by atoms with Crippen LogP contribution in [0.2, 0.25) is 0 Å². The van der Waals surface area contributed by atoms with Crippen LogP contribution in [0.5, 0.6) is 0 Å². The summed E-state index contributed by atoms with van der Waals surface area (Å²) in [6.45, 7) is 0. The zero-order chi connectivity index (χ0) is 13.6. The Morgan fingerprint density at radius 2 is 2.00 bits per heavy atom. The first-order chi connectivity index (χ1) is 9.08. The molecule has 100 valence electrons. The molecule has 5 heteroatoms. The largest absolute Gasteiger partial charge is 0.368 e. The second-order valence-corrected chi connectivity index (χ2v) is 7.19. The summed E-state index contributed by atoms with van der Waals surface area (Å²) in [7, 11) is -1.53. The topological polar surface area (TPSA) is 60.2 Å². The molecule has 2 aliphatic rings. The van der Waals surface area contributed by atoms with Gasteiger partial charge < -0.3 is 5.73 Å². The smallest absolute Gasteiger partial charge is 0.238 e. The molecule has 0 aromatic heterocycles. The summed E-state index contributed by atoms with van der Waals surface area (Å²) in [5.41, 5.74) is 5.60.